The Kier molecular flexibility index (Phi) is 4.82. The zero-order valence-corrected chi connectivity index (χ0v) is 15.1. The smallest absolute Gasteiger partial charge is 0.416 e. The molecule has 0 amide bonds. The number of phenols is 1. The first-order valence-electron chi connectivity index (χ1n) is 8.00. The Labute approximate surface area is 157 Å². The van der Waals surface area contributed by atoms with E-state index in [1.807, 2.05) is 0 Å². The normalized spacial score (nSPS) is 11.8. The first-order valence-corrected chi connectivity index (χ1v) is 8.38. The molecule has 8 heteroatoms. The van der Waals surface area contributed by atoms with Crippen LogP contribution in [0.4, 0.5) is 13.2 Å². The quantitative estimate of drug-likeness (QED) is 0.678. The van der Waals surface area contributed by atoms with E-state index >= 15 is 0 Å². The van der Waals surface area contributed by atoms with Crippen LogP contribution in [-0.2, 0) is 13.2 Å². The minimum Gasteiger partial charge on any atom is -0.507 e. The number of halogens is 4. The highest BCUT2D eigenvalue weighted by molar-refractivity contribution is 6.31. The molecule has 0 radical (unpaired) electrons. The molecular formula is C19H15ClF3NO3. The number of aromatic hydroxyl groups is 1. The fraction of sp³-hybridized carbons (Fsp3) is 0.211. The largest absolute Gasteiger partial charge is 0.507 e. The number of nitrogens with zero attached hydrogens (tertiary/aromatic N) is 1. The molecule has 1 aromatic heterocycles. The van der Waals surface area contributed by atoms with Crippen molar-refractivity contribution < 1.29 is 23.0 Å². The van der Waals surface area contributed by atoms with Gasteiger partial charge in [0.25, 0.3) is 5.56 Å². The predicted molar refractivity (Wildman–Crippen MR) is 97.5 cm³/mol. The molecule has 0 spiro atoms. The second-order valence-electron chi connectivity index (χ2n) is 5.89. The van der Waals surface area contributed by atoms with Crippen molar-refractivity contribution in [1.82, 2.24) is 4.57 Å². The second kappa shape index (κ2) is 6.81. The topological polar surface area (TPSA) is 51.5 Å². The molecule has 2 aromatic carbocycles. The summed E-state index contributed by atoms with van der Waals surface area (Å²) in [5.41, 5.74) is -0.947. The van der Waals surface area contributed by atoms with Crippen LogP contribution >= 0.6 is 11.6 Å². The third-order valence-corrected chi connectivity index (χ3v) is 4.43. The van der Waals surface area contributed by atoms with E-state index in [4.69, 9.17) is 16.3 Å². The van der Waals surface area contributed by atoms with Crippen LogP contribution in [0.3, 0.4) is 0 Å². The van der Waals surface area contributed by atoms with Crippen LogP contribution < -0.4 is 10.3 Å². The molecule has 0 unspecified atom stereocenters. The number of ether oxygens (including phenoxy) is 1. The Morgan fingerprint density at radius 1 is 1.19 bits per heavy atom. The van der Waals surface area contributed by atoms with Crippen LogP contribution in [0.15, 0.2) is 41.2 Å². The number of pyridine rings is 1. The molecule has 0 atom stereocenters. The SMILES string of the molecule is CCOc1c(-c2cc(Cl)ccc2O)c2cc(C(F)(F)F)ccc2n(C)c1=O. The summed E-state index contributed by atoms with van der Waals surface area (Å²) in [7, 11) is 1.45. The van der Waals surface area contributed by atoms with E-state index in [2.05, 4.69) is 0 Å². The van der Waals surface area contributed by atoms with Gasteiger partial charge in [-0.1, -0.05) is 11.6 Å². The number of rotatable bonds is 3. The Balaban J connectivity index is 2.54. The van der Waals surface area contributed by atoms with E-state index in [0.717, 1.165) is 12.1 Å². The molecule has 142 valence electrons. The number of aromatic nitrogens is 1. The van der Waals surface area contributed by atoms with E-state index in [1.165, 1.54) is 35.9 Å². The maximum atomic E-state index is 13.3. The standard InChI is InChI=1S/C19H15ClF3NO3/c1-3-27-17-16(13-9-11(20)5-7-15(13)25)12-8-10(19(21,22)23)4-6-14(12)24(2)18(17)26/h4-9,25H,3H2,1-2H3. The van der Waals surface area contributed by atoms with Crippen LogP contribution in [0.1, 0.15) is 12.5 Å². The van der Waals surface area contributed by atoms with Gasteiger partial charge in [-0.05, 0) is 43.3 Å². The van der Waals surface area contributed by atoms with Crippen LogP contribution in [0, 0.1) is 0 Å². The van der Waals surface area contributed by atoms with Gasteiger partial charge in [-0.25, -0.2) is 0 Å². The lowest BCUT2D eigenvalue weighted by Gasteiger charge is -2.18. The molecular weight excluding hydrogens is 383 g/mol. The van der Waals surface area contributed by atoms with Crippen LogP contribution in [0.25, 0.3) is 22.0 Å². The summed E-state index contributed by atoms with van der Waals surface area (Å²) in [5.74, 6) is -0.378. The molecule has 0 saturated heterocycles. The Bertz CT molecular complexity index is 1090. The molecule has 3 aromatic rings. The Morgan fingerprint density at radius 2 is 1.89 bits per heavy atom. The van der Waals surface area contributed by atoms with Gasteiger partial charge in [-0.2, -0.15) is 13.2 Å². The van der Waals surface area contributed by atoms with Crippen molar-refractivity contribution in [3.05, 3.63) is 57.3 Å². The number of alkyl halides is 3. The number of fused-ring (bicyclic) bond motifs is 1. The molecule has 1 N–H and O–H groups in total. The van der Waals surface area contributed by atoms with Crippen molar-refractivity contribution in [3.63, 3.8) is 0 Å². The number of phenolic OH excluding ortho intramolecular Hbond substituents is 1. The van der Waals surface area contributed by atoms with Crippen molar-refractivity contribution >= 4 is 22.5 Å². The summed E-state index contributed by atoms with van der Waals surface area (Å²) in [6.07, 6.45) is -4.57. The van der Waals surface area contributed by atoms with Gasteiger partial charge in [0.15, 0.2) is 5.75 Å². The minimum atomic E-state index is -4.57. The van der Waals surface area contributed by atoms with Crippen LogP contribution in [0.5, 0.6) is 11.5 Å². The maximum absolute atomic E-state index is 13.3. The molecule has 0 bridgehead atoms. The molecule has 1 heterocycles. The van der Waals surface area contributed by atoms with Gasteiger partial charge in [0.1, 0.15) is 5.75 Å². The van der Waals surface area contributed by atoms with Crippen molar-refractivity contribution in [2.75, 3.05) is 6.61 Å². The van der Waals surface area contributed by atoms with Crippen molar-refractivity contribution in [2.45, 2.75) is 13.1 Å². The zero-order chi connectivity index (χ0) is 19.9. The third kappa shape index (κ3) is 3.35. The van der Waals surface area contributed by atoms with Gasteiger partial charge in [0, 0.05) is 28.6 Å². The van der Waals surface area contributed by atoms with E-state index in [-0.39, 0.29) is 45.2 Å². The van der Waals surface area contributed by atoms with Crippen molar-refractivity contribution in [3.8, 4) is 22.6 Å². The summed E-state index contributed by atoms with van der Waals surface area (Å²) >= 11 is 6.01. The van der Waals surface area contributed by atoms with Crippen LogP contribution in [-0.4, -0.2) is 16.3 Å². The van der Waals surface area contributed by atoms with E-state index in [1.54, 1.807) is 6.92 Å². The highest BCUT2D eigenvalue weighted by Crippen LogP contribution is 2.42. The average molecular weight is 398 g/mol. The monoisotopic (exact) mass is 397 g/mol. The number of aryl methyl sites for hydroxylation is 1. The number of benzene rings is 2. The Morgan fingerprint density at radius 3 is 2.52 bits per heavy atom. The van der Waals surface area contributed by atoms with E-state index in [9.17, 15) is 23.1 Å². The zero-order valence-electron chi connectivity index (χ0n) is 14.4. The molecule has 0 fully saturated rings. The number of hydrogen-bond donors (Lipinski definition) is 1. The molecule has 0 aliphatic rings. The molecule has 0 aliphatic carbocycles. The van der Waals surface area contributed by atoms with E-state index in [0.29, 0.717) is 0 Å². The van der Waals surface area contributed by atoms with Crippen molar-refractivity contribution in [1.29, 1.82) is 0 Å². The molecule has 4 nitrogen and oxygen atoms in total. The minimum absolute atomic E-state index is 0.0704. The lowest BCUT2D eigenvalue weighted by Crippen LogP contribution is -2.21. The van der Waals surface area contributed by atoms with Gasteiger partial charge in [0.2, 0.25) is 0 Å². The molecule has 3 rings (SSSR count). The van der Waals surface area contributed by atoms with Gasteiger partial charge < -0.3 is 14.4 Å². The summed E-state index contributed by atoms with van der Waals surface area (Å²) in [6, 6.07) is 7.19. The summed E-state index contributed by atoms with van der Waals surface area (Å²) < 4.78 is 46.4. The average Bonchev–Trinajstić information content (AvgIpc) is 2.61. The molecule has 27 heavy (non-hydrogen) atoms. The fourth-order valence-electron chi connectivity index (χ4n) is 2.95. The maximum Gasteiger partial charge on any atom is 0.416 e. The lowest BCUT2D eigenvalue weighted by atomic mass is 9.97. The van der Waals surface area contributed by atoms with Crippen LogP contribution in [0.2, 0.25) is 5.02 Å². The first-order chi connectivity index (χ1) is 12.6. The van der Waals surface area contributed by atoms with E-state index < -0.39 is 17.3 Å². The lowest BCUT2D eigenvalue weighted by molar-refractivity contribution is -0.137. The van der Waals surface area contributed by atoms with Gasteiger partial charge >= 0.3 is 6.18 Å². The van der Waals surface area contributed by atoms with Crippen molar-refractivity contribution in [2.24, 2.45) is 7.05 Å². The highest BCUT2D eigenvalue weighted by atomic mass is 35.5. The summed E-state index contributed by atoms with van der Waals surface area (Å²) in [6.45, 7) is 1.77. The fourth-order valence-corrected chi connectivity index (χ4v) is 3.12. The van der Waals surface area contributed by atoms with Gasteiger partial charge in [-0.15, -0.1) is 0 Å². The molecule has 0 aliphatic heterocycles. The second-order valence-corrected chi connectivity index (χ2v) is 6.33. The van der Waals surface area contributed by atoms with Gasteiger partial charge in [-0.3, -0.25) is 4.79 Å². The third-order valence-electron chi connectivity index (χ3n) is 4.20. The summed E-state index contributed by atoms with van der Waals surface area (Å²) in [4.78, 5) is 12.7. The number of hydrogen-bond acceptors (Lipinski definition) is 3. The summed E-state index contributed by atoms with van der Waals surface area (Å²) in [5, 5.41) is 10.7. The molecule has 0 saturated carbocycles. The first kappa shape index (κ1) is 19.1. The Hall–Kier alpha value is -2.67. The van der Waals surface area contributed by atoms with Gasteiger partial charge in [0.05, 0.1) is 17.7 Å². The predicted octanol–water partition coefficient (Wildman–Crippen LogP) is 4.98. The highest BCUT2D eigenvalue weighted by Gasteiger charge is 2.31.